The molecule has 0 unspecified atom stereocenters. The molecule has 0 aliphatic carbocycles. The number of aliphatic carboxylic acids is 1. The maximum atomic E-state index is 10.9. The van der Waals surface area contributed by atoms with E-state index in [4.69, 9.17) is 15.6 Å². The average molecular weight is 639 g/mol. The second-order valence-electron chi connectivity index (χ2n) is 4.75. The monoisotopic (exact) mass is 639 g/mol. The molecule has 1 atom stereocenters. The molecule has 122 valence electrons. The summed E-state index contributed by atoms with van der Waals surface area (Å²) in [5.41, 5.74) is 6.43. The summed E-state index contributed by atoms with van der Waals surface area (Å²) in [6, 6.07) is 7.83. The molecule has 0 radical (unpaired) electrons. The molecule has 2 aromatic carbocycles. The van der Waals surface area contributed by atoms with Gasteiger partial charge in [0.1, 0.15) is 17.5 Å². The van der Waals surface area contributed by atoms with Crippen LogP contribution in [0.15, 0.2) is 30.3 Å². The Morgan fingerprint density at radius 2 is 1.74 bits per heavy atom. The number of carboxylic acids is 1. The third-order valence-electron chi connectivity index (χ3n) is 2.97. The first kappa shape index (κ1) is 19.0. The summed E-state index contributed by atoms with van der Waals surface area (Å²) in [7, 11) is 0. The Kier molecular flexibility index (Phi) is 6.74. The molecule has 2 rings (SSSR count). The van der Waals surface area contributed by atoms with Crippen molar-refractivity contribution in [1.29, 1.82) is 0 Å². The zero-order valence-electron chi connectivity index (χ0n) is 11.6. The van der Waals surface area contributed by atoms with Gasteiger partial charge < -0.3 is 20.7 Å². The number of ether oxygens (including phenoxy) is 1. The normalized spacial score (nSPS) is 12.0. The van der Waals surface area contributed by atoms with Gasteiger partial charge in [0.15, 0.2) is 5.75 Å². The first-order valence-corrected chi connectivity index (χ1v) is 9.64. The molecular weight excluding hydrogens is 627 g/mol. The van der Waals surface area contributed by atoms with Crippen molar-refractivity contribution in [3.63, 3.8) is 0 Å². The first-order valence-electron chi connectivity index (χ1n) is 6.40. The lowest BCUT2D eigenvalue weighted by molar-refractivity contribution is -0.138. The maximum absolute atomic E-state index is 10.9. The van der Waals surface area contributed by atoms with Crippen LogP contribution in [-0.4, -0.2) is 22.2 Å². The minimum absolute atomic E-state index is 0.209. The van der Waals surface area contributed by atoms with Crippen LogP contribution in [0.5, 0.6) is 17.2 Å². The van der Waals surface area contributed by atoms with Crippen LogP contribution >= 0.6 is 67.8 Å². The highest BCUT2D eigenvalue weighted by molar-refractivity contribution is 14.1. The molecule has 0 aliphatic heterocycles. The Morgan fingerprint density at radius 3 is 2.26 bits per heavy atom. The molecule has 0 saturated carbocycles. The van der Waals surface area contributed by atoms with Crippen molar-refractivity contribution in [1.82, 2.24) is 0 Å². The minimum atomic E-state index is -1.02. The van der Waals surface area contributed by atoms with E-state index < -0.39 is 12.0 Å². The Balaban J connectivity index is 2.26. The summed E-state index contributed by atoms with van der Waals surface area (Å²) in [5, 5.41) is 18.5. The van der Waals surface area contributed by atoms with E-state index in [0.717, 1.165) is 12.7 Å². The molecule has 0 aliphatic rings. The molecule has 0 saturated heterocycles. The zero-order chi connectivity index (χ0) is 17.1. The van der Waals surface area contributed by atoms with Crippen LogP contribution in [0.25, 0.3) is 0 Å². The van der Waals surface area contributed by atoms with Crippen molar-refractivity contribution in [2.24, 2.45) is 5.73 Å². The van der Waals surface area contributed by atoms with Gasteiger partial charge in [-0.15, -0.1) is 0 Å². The molecule has 8 heteroatoms. The molecule has 2 aromatic rings. The summed E-state index contributed by atoms with van der Waals surface area (Å²) < 4.78 is 8.34. The van der Waals surface area contributed by atoms with E-state index in [0.29, 0.717) is 15.1 Å². The standard InChI is InChI=1S/C15H12I3NO4/c16-9-6-8(1-2-13(9)20)23-14-10(17)3-7(4-11(14)18)5-12(19)15(21)22/h1-4,6,12,20H,5,19H2,(H,21,22)/t12-/m0/s1/i16-4,17-4,18-4. The predicted molar refractivity (Wildman–Crippen MR) is 112 cm³/mol. The van der Waals surface area contributed by atoms with Gasteiger partial charge in [-0.2, -0.15) is 0 Å². The topological polar surface area (TPSA) is 92.8 Å². The second-order valence-corrected chi connectivity index (χ2v) is 8.24. The fraction of sp³-hybridized carbons (Fsp3) is 0.133. The molecule has 0 heterocycles. The van der Waals surface area contributed by atoms with Gasteiger partial charge >= 0.3 is 5.97 Å². The van der Waals surface area contributed by atoms with Crippen LogP contribution in [0.1, 0.15) is 5.56 Å². The summed E-state index contributed by atoms with van der Waals surface area (Å²) in [5.74, 6) is 0.507. The SMILES string of the molecule is N[C@@H](Cc1cc([123I])c(Oc2ccc(O)c([123I])c2)c([123I])c1)C(=O)O. The Morgan fingerprint density at radius 1 is 1.13 bits per heavy atom. The third kappa shape index (κ3) is 5.06. The fourth-order valence-electron chi connectivity index (χ4n) is 1.84. The van der Waals surface area contributed by atoms with Crippen molar-refractivity contribution in [3.8, 4) is 17.2 Å². The maximum Gasteiger partial charge on any atom is 0.320 e. The van der Waals surface area contributed by atoms with Gasteiger partial charge in [0.25, 0.3) is 0 Å². The number of nitrogens with two attached hydrogens (primary N) is 1. The zero-order valence-corrected chi connectivity index (χ0v) is 18.1. The van der Waals surface area contributed by atoms with Gasteiger partial charge in [0, 0.05) is 0 Å². The van der Waals surface area contributed by atoms with E-state index in [-0.39, 0.29) is 12.2 Å². The van der Waals surface area contributed by atoms with E-state index in [1.165, 1.54) is 0 Å². The van der Waals surface area contributed by atoms with Crippen molar-refractivity contribution < 1.29 is 19.7 Å². The quantitative estimate of drug-likeness (QED) is 0.432. The van der Waals surface area contributed by atoms with E-state index >= 15 is 0 Å². The van der Waals surface area contributed by atoms with E-state index in [1.54, 1.807) is 18.2 Å². The van der Waals surface area contributed by atoms with E-state index in [9.17, 15) is 9.90 Å². The van der Waals surface area contributed by atoms with Gasteiger partial charge in [-0.1, -0.05) is 0 Å². The van der Waals surface area contributed by atoms with Crippen LogP contribution in [0.4, 0.5) is 0 Å². The van der Waals surface area contributed by atoms with Crippen LogP contribution in [0, 0.1) is 10.7 Å². The average Bonchev–Trinajstić information content (AvgIpc) is 2.46. The van der Waals surface area contributed by atoms with Gasteiger partial charge in [0.2, 0.25) is 0 Å². The molecule has 0 spiro atoms. The van der Waals surface area contributed by atoms with Crippen LogP contribution < -0.4 is 10.5 Å². The van der Waals surface area contributed by atoms with E-state index in [2.05, 4.69) is 45.2 Å². The highest BCUT2D eigenvalue weighted by atomic mass is 123. The number of phenolic OH excluding ortho intramolecular Hbond substituents is 1. The number of rotatable bonds is 5. The van der Waals surface area contributed by atoms with Gasteiger partial charge in [-0.05, 0) is 110 Å². The lowest BCUT2D eigenvalue weighted by Gasteiger charge is -2.13. The highest BCUT2D eigenvalue weighted by Crippen LogP contribution is 2.34. The molecule has 0 aromatic heterocycles. The van der Waals surface area contributed by atoms with Gasteiger partial charge in [0.05, 0.1) is 10.7 Å². The van der Waals surface area contributed by atoms with Gasteiger partial charge in [-0.25, -0.2) is 0 Å². The van der Waals surface area contributed by atoms with Crippen LogP contribution in [0.3, 0.4) is 0 Å². The Hall–Kier alpha value is -0.340. The van der Waals surface area contributed by atoms with Crippen molar-refractivity contribution in [2.75, 3.05) is 0 Å². The summed E-state index contributed by atoms with van der Waals surface area (Å²) >= 11 is 6.33. The Bertz CT molecular complexity index is 728. The van der Waals surface area contributed by atoms with Crippen molar-refractivity contribution >= 4 is 73.7 Å². The fourth-order valence-corrected chi connectivity index (χ4v) is 4.44. The van der Waals surface area contributed by atoms with Crippen LogP contribution in [0.2, 0.25) is 0 Å². The smallest absolute Gasteiger partial charge is 0.320 e. The van der Waals surface area contributed by atoms with Crippen molar-refractivity contribution in [3.05, 3.63) is 46.6 Å². The summed E-state index contributed by atoms with van der Waals surface area (Å²) in [6.07, 6.45) is 0.263. The lowest BCUT2D eigenvalue weighted by atomic mass is 10.1. The molecule has 5 nitrogen and oxygen atoms in total. The number of hydrogen-bond donors (Lipinski definition) is 3. The first-order chi connectivity index (χ1) is 10.8. The molecule has 23 heavy (non-hydrogen) atoms. The summed E-state index contributed by atoms with van der Waals surface area (Å²) in [4.78, 5) is 10.9. The highest BCUT2D eigenvalue weighted by Gasteiger charge is 2.16. The third-order valence-corrected chi connectivity index (χ3v) is 5.44. The predicted octanol–water partition coefficient (Wildman–Crippen LogP) is 3.95. The lowest BCUT2D eigenvalue weighted by Crippen LogP contribution is -2.32. The number of hydrogen-bond acceptors (Lipinski definition) is 4. The number of benzene rings is 2. The number of aromatic hydroxyl groups is 1. The molecule has 0 fully saturated rings. The molecular formula is C15H12I3NO4. The number of halogens is 3. The second kappa shape index (κ2) is 8.16. The number of carbonyl (C=O) groups is 1. The Labute approximate surface area is 174 Å². The largest absolute Gasteiger partial charge is 0.507 e. The molecule has 0 amide bonds. The van der Waals surface area contributed by atoms with Crippen LogP contribution in [-0.2, 0) is 11.2 Å². The van der Waals surface area contributed by atoms with Gasteiger partial charge in [-0.3, -0.25) is 4.79 Å². The summed E-state index contributed by atoms with van der Waals surface area (Å²) in [6.45, 7) is 0. The molecule has 0 bridgehead atoms. The minimum Gasteiger partial charge on any atom is -0.507 e. The molecule has 4 N–H and O–H groups in total. The van der Waals surface area contributed by atoms with E-state index in [1.807, 2.05) is 34.7 Å². The number of carboxylic acid groups (broad SMARTS) is 1. The van der Waals surface area contributed by atoms with Crippen molar-refractivity contribution in [2.45, 2.75) is 12.5 Å². The number of phenols is 1.